The van der Waals surface area contributed by atoms with Crippen LogP contribution in [-0.2, 0) is 10.0 Å². The minimum Gasteiger partial charge on any atom is -0.339 e. The molecule has 2 amide bonds. The van der Waals surface area contributed by atoms with Gasteiger partial charge in [0.05, 0.1) is 11.3 Å². The molecule has 1 saturated heterocycles. The Bertz CT molecular complexity index is 1280. The number of aromatic nitrogens is 2. The first-order valence-electron chi connectivity index (χ1n) is 10.5. The third-order valence-electron chi connectivity index (χ3n) is 5.29. The zero-order valence-electron chi connectivity index (χ0n) is 17.9. The molecule has 33 heavy (non-hydrogen) atoms. The number of nitrogens with one attached hydrogen (secondary N) is 2. The summed E-state index contributed by atoms with van der Waals surface area (Å²) >= 11 is 0.730. The summed E-state index contributed by atoms with van der Waals surface area (Å²) in [6.45, 7) is 3.11. The lowest BCUT2D eigenvalue weighted by atomic mass is 10.1. The average molecular weight is 486 g/mol. The zero-order valence-corrected chi connectivity index (χ0v) is 19.6. The standard InChI is InChI=1S/C22H23N5O4S2/c1-15-9-3-4-10-16(15)19(28)23-21-24-25-22(32-21)33(30,31)26-18-12-6-5-11-17(18)20(29)27-13-7-2-8-14-27/h3-6,9-12,26H,2,7-8,13-14H2,1H3,(H,23,24,28). The van der Waals surface area contributed by atoms with E-state index in [4.69, 9.17) is 0 Å². The molecule has 1 aromatic heterocycles. The molecular weight excluding hydrogens is 462 g/mol. The van der Waals surface area contributed by atoms with Gasteiger partial charge in [-0.1, -0.05) is 41.7 Å². The van der Waals surface area contributed by atoms with Crippen LogP contribution in [0.5, 0.6) is 0 Å². The molecule has 3 aromatic rings. The molecule has 11 heteroatoms. The van der Waals surface area contributed by atoms with Crippen molar-refractivity contribution in [3.8, 4) is 0 Å². The highest BCUT2D eigenvalue weighted by Gasteiger charge is 2.26. The van der Waals surface area contributed by atoms with Crippen molar-refractivity contribution in [2.24, 2.45) is 0 Å². The summed E-state index contributed by atoms with van der Waals surface area (Å²) in [5.74, 6) is -0.616. The molecule has 0 saturated carbocycles. The third-order valence-corrected chi connectivity index (χ3v) is 7.86. The van der Waals surface area contributed by atoms with E-state index in [2.05, 4.69) is 20.2 Å². The molecule has 2 heterocycles. The Balaban J connectivity index is 1.51. The summed E-state index contributed by atoms with van der Waals surface area (Å²) in [6.07, 6.45) is 2.95. The first-order chi connectivity index (χ1) is 15.8. The van der Waals surface area contributed by atoms with Gasteiger partial charge in [0.25, 0.3) is 26.2 Å². The van der Waals surface area contributed by atoms with Crippen LogP contribution in [0.2, 0.25) is 0 Å². The summed E-state index contributed by atoms with van der Waals surface area (Å²) in [4.78, 5) is 27.2. The minimum atomic E-state index is -4.11. The van der Waals surface area contributed by atoms with E-state index in [1.165, 1.54) is 6.07 Å². The molecule has 4 rings (SSSR count). The summed E-state index contributed by atoms with van der Waals surface area (Å²) in [5, 5.41) is 10.2. The normalized spacial score (nSPS) is 14.0. The van der Waals surface area contributed by atoms with Crippen LogP contribution in [0.1, 0.15) is 45.5 Å². The number of hydrogen-bond acceptors (Lipinski definition) is 7. The summed E-state index contributed by atoms with van der Waals surface area (Å²) in [7, 11) is -4.11. The Kier molecular flexibility index (Phi) is 6.70. The molecule has 2 aromatic carbocycles. The smallest absolute Gasteiger partial charge is 0.291 e. The van der Waals surface area contributed by atoms with E-state index in [-0.39, 0.29) is 26.6 Å². The van der Waals surface area contributed by atoms with Crippen LogP contribution in [-0.4, -0.2) is 48.4 Å². The van der Waals surface area contributed by atoms with Crippen molar-refractivity contribution in [3.05, 3.63) is 65.2 Å². The molecule has 1 fully saturated rings. The van der Waals surface area contributed by atoms with E-state index in [1.807, 2.05) is 6.07 Å². The van der Waals surface area contributed by atoms with Crippen molar-refractivity contribution in [2.45, 2.75) is 30.5 Å². The number of hydrogen-bond donors (Lipinski definition) is 2. The maximum Gasteiger partial charge on any atom is 0.291 e. The van der Waals surface area contributed by atoms with Crippen molar-refractivity contribution in [1.82, 2.24) is 15.1 Å². The Morgan fingerprint density at radius 1 is 0.939 bits per heavy atom. The molecule has 1 aliphatic rings. The number of sulfonamides is 1. The highest BCUT2D eigenvalue weighted by atomic mass is 32.2. The number of carbonyl (C=O) groups excluding carboxylic acids is 2. The number of aryl methyl sites for hydroxylation is 1. The second-order valence-electron chi connectivity index (χ2n) is 7.65. The van der Waals surface area contributed by atoms with Gasteiger partial charge in [0, 0.05) is 18.7 Å². The predicted molar refractivity (Wildman–Crippen MR) is 126 cm³/mol. The largest absolute Gasteiger partial charge is 0.339 e. The van der Waals surface area contributed by atoms with Crippen LogP contribution < -0.4 is 10.0 Å². The topological polar surface area (TPSA) is 121 Å². The maximum absolute atomic E-state index is 12.9. The van der Waals surface area contributed by atoms with Crippen molar-refractivity contribution in [1.29, 1.82) is 0 Å². The molecule has 0 aliphatic carbocycles. The molecule has 1 aliphatic heterocycles. The van der Waals surface area contributed by atoms with Crippen LogP contribution in [0.25, 0.3) is 0 Å². The molecule has 0 spiro atoms. The number of rotatable bonds is 6. The first kappa shape index (κ1) is 22.9. The Labute approximate surface area is 195 Å². The van der Waals surface area contributed by atoms with E-state index in [0.29, 0.717) is 18.7 Å². The number of anilines is 2. The van der Waals surface area contributed by atoms with Gasteiger partial charge in [-0.3, -0.25) is 19.6 Å². The van der Waals surface area contributed by atoms with Crippen molar-refractivity contribution in [2.75, 3.05) is 23.1 Å². The molecule has 172 valence electrons. The monoisotopic (exact) mass is 485 g/mol. The molecule has 0 radical (unpaired) electrons. The van der Waals surface area contributed by atoms with Gasteiger partial charge in [-0.25, -0.2) is 0 Å². The average Bonchev–Trinajstić information content (AvgIpc) is 3.29. The van der Waals surface area contributed by atoms with E-state index in [1.54, 1.807) is 48.2 Å². The third kappa shape index (κ3) is 5.20. The summed E-state index contributed by atoms with van der Waals surface area (Å²) in [6, 6.07) is 13.5. The van der Waals surface area contributed by atoms with Gasteiger partial charge >= 0.3 is 0 Å². The highest BCUT2D eigenvalue weighted by Crippen LogP contribution is 2.26. The molecule has 9 nitrogen and oxygen atoms in total. The van der Waals surface area contributed by atoms with Crippen molar-refractivity contribution < 1.29 is 18.0 Å². The fraction of sp³-hybridized carbons (Fsp3) is 0.273. The Morgan fingerprint density at radius 3 is 2.33 bits per heavy atom. The van der Waals surface area contributed by atoms with Crippen molar-refractivity contribution in [3.63, 3.8) is 0 Å². The second kappa shape index (κ2) is 9.67. The van der Waals surface area contributed by atoms with Gasteiger partial charge in [0.2, 0.25) is 5.13 Å². The number of piperidine rings is 1. The first-order valence-corrected chi connectivity index (χ1v) is 12.8. The van der Waals surface area contributed by atoms with E-state index >= 15 is 0 Å². The fourth-order valence-electron chi connectivity index (χ4n) is 3.58. The molecule has 0 bridgehead atoms. The van der Waals surface area contributed by atoms with Crippen molar-refractivity contribution >= 4 is 44.0 Å². The van der Waals surface area contributed by atoms with Crippen LogP contribution >= 0.6 is 11.3 Å². The lowest BCUT2D eigenvalue weighted by Crippen LogP contribution is -2.36. The Morgan fingerprint density at radius 2 is 1.61 bits per heavy atom. The lowest BCUT2D eigenvalue weighted by molar-refractivity contribution is 0.0725. The second-order valence-corrected chi connectivity index (χ2v) is 10.5. The number of carbonyl (C=O) groups is 2. The maximum atomic E-state index is 12.9. The quantitative estimate of drug-likeness (QED) is 0.515. The van der Waals surface area contributed by atoms with Gasteiger partial charge in [-0.15, -0.1) is 10.2 Å². The van der Waals surface area contributed by atoms with Gasteiger partial charge in [-0.05, 0) is 49.9 Å². The summed E-state index contributed by atoms with van der Waals surface area (Å²) < 4.78 is 28.0. The Hall–Kier alpha value is -3.31. The zero-order chi connectivity index (χ0) is 23.4. The number of amides is 2. The van der Waals surface area contributed by atoms with Crippen LogP contribution in [0, 0.1) is 6.92 Å². The van der Waals surface area contributed by atoms with Crippen LogP contribution in [0.4, 0.5) is 10.8 Å². The van der Waals surface area contributed by atoms with E-state index < -0.39 is 15.9 Å². The van der Waals surface area contributed by atoms with E-state index in [0.717, 1.165) is 36.2 Å². The highest BCUT2D eigenvalue weighted by molar-refractivity contribution is 7.94. The van der Waals surface area contributed by atoms with Crippen LogP contribution in [0.3, 0.4) is 0 Å². The van der Waals surface area contributed by atoms with Gasteiger partial charge < -0.3 is 4.90 Å². The van der Waals surface area contributed by atoms with Crippen LogP contribution in [0.15, 0.2) is 52.9 Å². The lowest BCUT2D eigenvalue weighted by Gasteiger charge is -2.27. The van der Waals surface area contributed by atoms with E-state index in [9.17, 15) is 18.0 Å². The van der Waals surface area contributed by atoms with Gasteiger partial charge in [0.1, 0.15) is 0 Å². The number of benzene rings is 2. The molecule has 0 unspecified atom stereocenters. The molecule has 0 atom stereocenters. The predicted octanol–water partition coefficient (Wildman–Crippen LogP) is 3.53. The van der Waals surface area contributed by atoms with Gasteiger partial charge in [0.15, 0.2) is 0 Å². The fourth-order valence-corrected chi connectivity index (χ4v) is 5.55. The number of likely N-dealkylation sites (tertiary alicyclic amines) is 1. The SMILES string of the molecule is Cc1ccccc1C(=O)Nc1nnc(S(=O)(=O)Nc2ccccc2C(=O)N2CCCCC2)s1. The number of nitrogens with zero attached hydrogens (tertiary/aromatic N) is 3. The van der Waals surface area contributed by atoms with Gasteiger partial charge in [-0.2, -0.15) is 8.42 Å². The molecular formula is C22H23N5O4S2. The summed E-state index contributed by atoms with van der Waals surface area (Å²) in [5.41, 5.74) is 1.69. The number of para-hydroxylation sites is 1. The minimum absolute atomic E-state index is 0.0568. The molecule has 2 N–H and O–H groups in total.